The fourth-order valence-corrected chi connectivity index (χ4v) is 9.53. The Morgan fingerprint density at radius 1 is 0.250 bits per heavy atom. The number of unbranched alkanes of at least 4 members (excludes halogenated alkanes) is 38. The molecule has 0 aliphatic rings. The molecule has 0 aliphatic heterocycles. The molecular formula is C62H120O6. The number of ether oxygens (including phenoxy) is 3. The van der Waals surface area contributed by atoms with Crippen molar-refractivity contribution in [3.63, 3.8) is 0 Å². The number of hydrogen-bond donors (Lipinski definition) is 0. The highest BCUT2D eigenvalue weighted by molar-refractivity contribution is 5.71. The van der Waals surface area contributed by atoms with Crippen molar-refractivity contribution in [1.82, 2.24) is 0 Å². The van der Waals surface area contributed by atoms with Gasteiger partial charge in [-0.3, -0.25) is 14.4 Å². The molecule has 0 unspecified atom stereocenters. The van der Waals surface area contributed by atoms with Crippen LogP contribution >= 0.6 is 0 Å². The SMILES string of the molecule is CC(C)CCCCCCCCCCCCCCCCCC(=O)O[C@H](COC(=O)CCCCCCCCCCCCCCCCC(C)C)COC(=O)CCCCCCCCCCCCCCC(C)C. The summed E-state index contributed by atoms with van der Waals surface area (Å²) in [6.07, 6.45) is 56.7. The van der Waals surface area contributed by atoms with Crippen molar-refractivity contribution < 1.29 is 28.6 Å². The molecule has 0 fully saturated rings. The number of hydrogen-bond acceptors (Lipinski definition) is 6. The molecule has 0 rings (SSSR count). The highest BCUT2D eigenvalue weighted by Gasteiger charge is 2.19. The van der Waals surface area contributed by atoms with Crippen LogP contribution in [0.3, 0.4) is 0 Å². The molecule has 1 atom stereocenters. The lowest BCUT2D eigenvalue weighted by atomic mass is 10.0. The Labute approximate surface area is 425 Å². The number of rotatable bonds is 55. The van der Waals surface area contributed by atoms with Gasteiger partial charge in [-0.25, -0.2) is 0 Å². The Morgan fingerprint density at radius 3 is 0.632 bits per heavy atom. The van der Waals surface area contributed by atoms with Gasteiger partial charge in [0.05, 0.1) is 0 Å². The summed E-state index contributed by atoms with van der Waals surface area (Å²) >= 11 is 0. The summed E-state index contributed by atoms with van der Waals surface area (Å²) in [5.74, 6) is 1.69. The van der Waals surface area contributed by atoms with Crippen molar-refractivity contribution >= 4 is 17.9 Å². The van der Waals surface area contributed by atoms with Crippen molar-refractivity contribution in [2.24, 2.45) is 17.8 Å². The molecular weight excluding hydrogens is 841 g/mol. The van der Waals surface area contributed by atoms with Gasteiger partial charge in [0.25, 0.3) is 0 Å². The molecule has 0 N–H and O–H groups in total. The van der Waals surface area contributed by atoms with Crippen molar-refractivity contribution in [1.29, 1.82) is 0 Å². The number of carbonyl (C=O) groups excluding carboxylic acids is 3. The van der Waals surface area contributed by atoms with E-state index >= 15 is 0 Å². The third-order valence-electron chi connectivity index (χ3n) is 14.1. The van der Waals surface area contributed by atoms with Crippen LogP contribution < -0.4 is 0 Å². The Bertz CT molecular complexity index is 1050. The summed E-state index contributed by atoms with van der Waals surface area (Å²) < 4.78 is 16.9. The van der Waals surface area contributed by atoms with Gasteiger partial charge in [-0.15, -0.1) is 0 Å². The normalized spacial score (nSPS) is 12.1. The molecule has 0 saturated carbocycles. The summed E-state index contributed by atoms with van der Waals surface area (Å²) in [6, 6.07) is 0. The first-order chi connectivity index (χ1) is 33.1. The largest absolute Gasteiger partial charge is 0.462 e. The van der Waals surface area contributed by atoms with Crippen LogP contribution in [0.1, 0.15) is 343 Å². The minimum Gasteiger partial charge on any atom is -0.462 e. The molecule has 0 aliphatic carbocycles. The molecule has 6 nitrogen and oxygen atoms in total. The van der Waals surface area contributed by atoms with E-state index in [9.17, 15) is 14.4 Å². The van der Waals surface area contributed by atoms with E-state index in [2.05, 4.69) is 41.5 Å². The van der Waals surface area contributed by atoms with Crippen molar-refractivity contribution in [2.75, 3.05) is 13.2 Å². The molecule has 0 radical (unpaired) electrons. The quantitative estimate of drug-likeness (QED) is 0.0343. The van der Waals surface area contributed by atoms with E-state index in [1.165, 1.54) is 225 Å². The van der Waals surface area contributed by atoms with Crippen LogP contribution in [-0.2, 0) is 28.6 Å². The maximum absolute atomic E-state index is 12.9. The zero-order chi connectivity index (χ0) is 49.8. The van der Waals surface area contributed by atoms with Gasteiger partial charge in [0.1, 0.15) is 13.2 Å². The first kappa shape index (κ1) is 66.4. The second kappa shape index (κ2) is 53.2. The van der Waals surface area contributed by atoms with E-state index in [4.69, 9.17) is 14.2 Å². The molecule has 0 aromatic heterocycles. The van der Waals surface area contributed by atoms with Gasteiger partial charge >= 0.3 is 17.9 Å². The third kappa shape index (κ3) is 55.3. The van der Waals surface area contributed by atoms with Crippen LogP contribution in [0, 0.1) is 17.8 Å². The smallest absolute Gasteiger partial charge is 0.306 e. The van der Waals surface area contributed by atoms with Gasteiger partial charge in [0.2, 0.25) is 0 Å². The van der Waals surface area contributed by atoms with Crippen LogP contribution in [-0.4, -0.2) is 37.2 Å². The topological polar surface area (TPSA) is 78.9 Å². The van der Waals surface area contributed by atoms with Crippen LogP contribution in [0.15, 0.2) is 0 Å². The summed E-state index contributed by atoms with van der Waals surface area (Å²) in [4.78, 5) is 38.2. The van der Waals surface area contributed by atoms with Gasteiger partial charge < -0.3 is 14.2 Å². The molecule has 0 amide bonds. The fourth-order valence-electron chi connectivity index (χ4n) is 9.53. The Kier molecular flexibility index (Phi) is 52.0. The first-order valence-electron chi connectivity index (χ1n) is 30.6. The van der Waals surface area contributed by atoms with E-state index in [0.29, 0.717) is 19.3 Å². The summed E-state index contributed by atoms with van der Waals surface area (Å²) in [6.45, 7) is 13.8. The average Bonchev–Trinajstić information content (AvgIpc) is 3.30. The van der Waals surface area contributed by atoms with E-state index in [0.717, 1.165) is 75.5 Å². The van der Waals surface area contributed by atoms with Gasteiger partial charge in [-0.1, -0.05) is 305 Å². The second-order valence-electron chi connectivity index (χ2n) is 22.8. The van der Waals surface area contributed by atoms with Crippen molar-refractivity contribution in [3.8, 4) is 0 Å². The maximum atomic E-state index is 12.9. The highest BCUT2D eigenvalue weighted by atomic mass is 16.6. The van der Waals surface area contributed by atoms with Crippen LogP contribution in [0.4, 0.5) is 0 Å². The lowest BCUT2D eigenvalue weighted by Gasteiger charge is -2.18. The Hall–Kier alpha value is -1.59. The lowest BCUT2D eigenvalue weighted by molar-refractivity contribution is -0.167. The third-order valence-corrected chi connectivity index (χ3v) is 14.1. The summed E-state index contributed by atoms with van der Waals surface area (Å²) in [5, 5.41) is 0. The minimum absolute atomic E-state index is 0.0629. The van der Waals surface area contributed by atoms with Crippen molar-refractivity contribution in [3.05, 3.63) is 0 Å². The molecule has 0 heterocycles. The van der Waals surface area contributed by atoms with Crippen LogP contribution in [0.2, 0.25) is 0 Å². The first-order valence-corrected chi connectivity index (χ1v) is 30.6. The monoisotopic (exact) mass is 961 g/mol. The van der Waals surface area contributed by atoms with Gasteiger partial charge in [0.15, 0.2) is 6.10 Å². The van der Waals surface area contributed by atoms with Gasteiger partial charge in [-0.05, 0) is 37.0 Å². The minimum atomic E-state index is -0.764. The summed E-state index contributed by atoms with van der Waals surface area (Å²) in [7, 11) is 0. The molecule has 68 heavy (non-hydrogen) atoms. The van der Waals surface area contributed by atoms with Crippen LogP contribution in [0.25, 0.3) is 0 Å². The molecule has 0 bridgehead atoms. The van der Waals surface area contributed by atoms with E-state index in [-0.39, 0.29) is 31.1 Å². The lowest BCUT2D eigenvalue weighted by Crippen LogP contribution is -2.30. The summed E-state index contributed by atoms with van der Waals surface area (Å²) in [5.41, 5.74) is 0. The fraction of sp³-hybridized carbons (Fsp3) is 0.952. The Morgan fingerprint density at radius 2 is 0.426 bits per heavy atom. The zero-order valence-corrected chi connectivity index (χ0v) is 46.9. The van der Waals surface area contributed by atoms with E-state index in [1.54, 1.807) is 0 Å². The highest BCUT2D eigenvalue weighted by Crippen LogP contribution is 2.19. The number of carbonyl (C=O) groups is 3. The number of esters is 3. The zero-order valence-electron chi connectivity index (χ0n) is 46.9. The van der Waals surface area contributed by atoms with Crippen molar-refractivity contribution in [2.45, 2.75) is 349 Å². The van der Waals surface area contributed by atoms with Crippen LogP contribution in [0.5, 0.6) is 0 Å². The van der Waals surface area contributed by atoms with Gasteiger partial charge in [0, 0.05) is 19.3 Å². The molecule has 0 spiro atoms. The molecule has 0 aromatic carbocycles. The maximum Gasteiger partial charge on any atom is 0.306 e. The predicted molar refractivity (Wildman–Crippen MR) is 293 cm³/mol. The molecule has 6 heteroatoms. The predicted octanol–water partition coefficient (Wildman–Crippen LogP) is 20.3. The van der Waals surface area contributed by atoms with Gasteiger partial charge in [-0.2, -0.15) is 0 Å². The molecule has 404 valence electrons. The average molecular weight is 962 g/mol. The standard InChI is InChI=1S/C62H120O6/c1-56(2)48-42-36-30-24-18-12-8-7-9-15-23-29-35-41-47-53-62(65)68-59(55-67-61(64)52-46-40-34-28-22-17-16-20-26-32-38-44-50-58(5)6)54-66-60(63)51-45-39-33-27-21-14-11-10-13-19-25-31-37-43-49-57(3)4/h56-59H,7-55H2,1-6H3/t59-/m1/s1. The van der Waals surface area contributed by atoms with E-state index in [1.807, 2.05) is 0 Å². The Balaban J connectivity index is 4.30. The molecule has 0 aromatic rings. The van der Waals surface area contributed by atoms with E-state index < -0.39 is 6.10 Å². The second-order valence-corrected chi connectivity index (χ2v) is 22.8. The molecule has 0 saturated heterocycles.